The van der Waals surface area contributed by atoms with Crippen LogP contribution in [0.15, 0.2) is 26.6 Å². The van der Waals surface area contributed by atoms with Crippen molar-refractivity contribution in [1.82, 2.24) is 15.3 Å². The molecule has 2 aromatic heterocycles. The molecule has 0 bridgehead atoms. The van der Waals surface area contributed by atoms with E-state index in [0.29, 0.717) is 17.4 Å². The molecule has 100 valence electrons. The molecule has 0 atom stereocenters. The molecule has 1 amide bonds. The van der Waals surface area contributed by atoms with E-state index in [1.807, 2.05) is 6.08 Å². The van der Waals surface area contributed by atoms with Crippen molar-refractivity contribution >= 4 is 61.1 Å². The highest BCUT2D eigenvalue weighted by atomic mass is 79.9. The average molecular weight is 406 g/mol. The van der Waals surface area contributed by atoms with E-state index in [9.17, 15) is 4.79 Å². The van der Waals surface area contributed by atoms with Crippen LogP contribution in [0.4, 0.5) is 5.95 Å². The minimum Gasteiger partial charge on any atom is -0.369 e. The van der Waals surface area contributed by atoms with Crippen LogP contribution in [0, 0.1) is 0 Å². The number of hydrogen-bond donors (Lipinski definition) is 3. The van der Waals surface area contributed by atoms with Crippen LogP contribution in [0.2, 0.25) is 0 Å². The summed E-state index contributed by atoms with van der Waals surface area (Å²) in [7, 11) is 0. The second-order valence-electron chi connectivity index (χ2n) is 3.56. The summed E-state index contributed by atoms with van der Waals surface area (Å²) >= 11 is 8.08. The van der Waals surface area contributed by atoms with Crippen molar-refractivity contribution in [3.8, 4) is 0 Å². The Hall–Kier alpha value is -1.12. The van der Waals surface area contributed by atoms with Gasteiger partial charge < -0.3 is 16.0 Å². The second kappa shape index (κ2) is 6.36. The maximum Gasteiger partial charge on any atom is 0.261 e. The molecule has 0 aromatic carbocycles. The maximum absolute atomic E-state index is 11.8. The number of nitrogens with one attached hydrogen (secondary N) is 2. The van der Waals surface area contributed by atoms with Gasteiger partial charge in [-0.1, -0.05) is 6.08 Å². The number of H-pyrrole nitrogens is 1. The summed E-state index contributed by atoms with van der Waals surface area (Å²) in [5.74, 6) is 0.263. The minimum atomic E-state index is -0.109. The lowest BCUT2D eigenvalue weighted by atomic mass is 10.4. The Kier molecular flexibility index (Phi) is 4.78. The summed E-state index contributed by atoms with van der Waals surface area (Å²) in [5.41, 5.74) is 6.18. The number of nitrogen functional groups attached to an aromatic ring is 1. The lowest BCUT2D eigenvalue weighted by Crippen LogP contribution is -2.22. The summed E-state index contributed by atoms with van der Waals surface area (Å²) in [6, 6.07) is 1.78. The van der Waals surface area contributed by atoms with Gasteiger partial charge in [0.2, 0.25) is 0 Å². The fourth-order valence-corrected chi connectivity index (χ4v) is 3.27. The van der Waals surface area contributed by atoms with Gasteiger partial charge in [0.05, 0.1) is 14.4 Å². The number of aromatic nitrogens is 2. The predicted octanol–water partition coefficient (Wildman–Crippen LogP) is 3.02. The zero-order chi connectivity index (χ0) is 13.8. The molecule has 0 spiro atoms. The van der Waals surface area contributed by atoms with Crippen LogP contribution in [0.5, 0.6) is 0 Å². The standard InChI is InChI=1S/C11H10Br2N4OS/c12-7-4-8(19-9(7)13)10(18)15-3-1-2-6-5-16-11(14)17-6/h1-2,4-5H,3H2,(H,15,18)(H3,14,16,17)/b2-1+. The molecule has 0 unspecified atom stereocenters. The molecule has 4 N–H and O–H groups in total. The zero-order valence-electron chi connectivity index (χ0n) is 9.61. The Labute approximate surface area is 130 Å². The van der Waals surface area contributed by atoms with Gasteiger partial charge in [-0.05, 0) is 44.0 Å². The van der Waals surface area contributed by atoms with Gasteiger partial charge in [0.25, 0.3) is 5.91 Å². The molecule has 2 rings (SSSR count). The van der Waals surface area contributed by atoms with Gasteiger partial charge in [-0.15, -0.1) is 11.3 Å². The SMILES string of the molecule is Nc1nc(/C=C/CNC(=O)c2cc(Br)c(Br)s2)c[nH]1. The Morgan fingerprint density at radius 1 is 1.58 bits per heavy atom. The number of carbonyl (C=O) groups excluding carboxylic acids is 1. The number of halogens is 2. The zero-order valence-corrected chi connectivity index (χ0v) is 13.6. The summed E-state index contributed by atoms with van der Waals surface area (Å²) < 4.78 is 1.78. The summed E-state index contributed by atoms with van der Waals surface area (Å²) in [4.78, 5) is 19.2. The van der Waals surface area contributed by atoms with E-state index in [4.69, 9.17) is 5.73 Å². The van der Waals surface area contributed by atoms with E-state index < -0.39 is 0 Å². The number of imidazole rings is 1. The first kappa shape index (κ1) is 14.3. The van der Waals surface area contributed by atoms with Crippen molar-refractivity contribution in [2.75, 3.05) is 12.3 Å². The van der Waals surface area contributed by atoms with Crippen LogP contribution >= 0.6 is 43.2 Å². The predicted molar refractivity (Wildman–Crippen MR) is 84.1 cm³/mol. The van der Waals surface area contributed by atoms with E-state index in [1.165, 1.54) is 11.3 Å². The lowest BCUT2D eigenvalue weighted by Gasteiger charge is -1.97. The molecule has 0 saturated carbocycles. The Morgan fingerprint density at radius 3 is 2.95 bits per heavy atom. The van der Waals surface area contributed by atoms with Crippen LogP contribution < -0.4 is 11.1 Å². The monoisotopic (exact) mass is 404 g/mol. The molecular weight excluding hydrogens is 396 g/mol. The molecule has 2 heterocycles. The van der Waals surface area contributed by atoms with Crippen molar-refractivity contribution < 1.29 is 4.79 Å². The number of rotatable bonds is 4. The van der Waals surface area contributed by atoms with Crippen molar-refractivity contribution in [3.05, 3.63) is 37.2 Å². The largest absolute Gasteiger partial charge is 0.369 e. The van der Waals surface area contributed by atoms with Gasteiger partial charge in [-0.3, -0.25) is 4.79 Å². The summed E-state index contributed by atoms with van der Waals surface area (Å²) in [5, 5.41) is 2.79. The van der Waals surface area contributed by atoms with Gasteiger partial charge in [0, 0.05) is 17.2 Å². The number of amides is 1. The van der Waals surface area contributed by atoms with Crippen LogP contribution in [0.25, 0.3) is 6.08 Å². The maximum atomic E-state index is 11.8. The van der Waals surface area contributed by atoms with Crippen LogP contribution in [-0.2, 0) is 0 Å². The van der Waals surface area contributed by atoms with Crippen molar-refractivity contribution in [2.45, 2.75) is 0 Å². The topological polar surface area (TPSA) is 83.8 Å². The number of thiophene rings is 1. The van der Waals surface area contributed by atoms with E-state index in [1.54, 1.807) is 18.3 Å². The third kappa shape index (κ3) is 3.92. The first-order chi connectivity index (χ1) is 9.06. The van der Waals surface area contributed by atoms with E-state index in [2.05, 4.69) is 47.1 Å². The van der Waals surface area contributed by atoms with Gasteiger partial charge >= 0.3 is 0 Å². The van der Waals surface area contributed by atoms with Crippen molar-refractivity contribution in [1.29, 1.82) is 0 Å². The number of carbonyl (C=O) groups is 1. The van der Waals surface area contributed by atoms with Gasteiger partial charge in [0.1, 0.15) is 0 Å². The number of anilines is 1. The molecule has 19 heavy (non-hydrogen) atoms. The Balaban J connectivity index is 1.85. The molecular formula is C11H10Br2N4OS. The summed E-state index contributed by atoms with van der Waals surface area (Å²) in [6.07, 6.45) is 5.29. The minimum absolute atomic E-state index is 0.109. The molecule has 5 nitrogen and oxygen atoms in total. The van der Waals surface area contributed by atoms with E-state index >= 15 is 0 Å². The highest BCUT2D eigenvalue weighted by Gasteiger charge is 2.10. The van der Waals surface area contributed by atoms with Gasteiger partial charge in [0.15, 0.2) is 5.95 Å². The average Bonchev–Trinajstić information content (AvgIpc) is 2.92. The van der Waals surface area contributed by atoms with Crippen LogP contribution in [0.3, 0.4) is 0 Å². The highest BCUT2D eigenvalue weighted by molar-refractivity contribution is 9.13. The summed E-state index contributed by atoms with van der Waals surface area (Å²) in [6.45, 7) is 0.429. The first-order valence-electron chi connectivity index (χ1n) is 5.26. The normalized spacial score (nSPS) is 11.1. The van der Waals surface area contributed by atoms with Crippen molar-refractivity contribution in [3.63, 3.8) is 0 Å². The highest BCUT2D eigenvalue weighted by Crippen LogP contribution is 2.32. The number of aromatic amines is 1. The number of hydrogen-bond acceptors (Lipinski definition) is 4. The molecule has 0 fully saturated rings. The third-order valence-electron chi connectivity index (χ3n) is 2.16. The van der Waals surface area contributed by atoms with E-state index in [0.717, 1.165) is 14.0 Å². The smallest absolute Gasteiger partial charge is 0.261 e. The number of nitrogens with two attached hydrogens (primary N) is 1. The van der Waals surface area contributed by atoms with Gasteiger partial charge in [-0.25, -0.2) is 4.98 Å². The van der Waals surface area contributed by atoms with Crippen LogP contribution in [0.1, 0.15) is 15.4 Å². The molecule has 0 aliphatic carbocycles. The second-order valence-corrected chi connectivity index (χ2v) is 6.78. The first-order valence-corrected chi connectivity index (χ1v) is 7.67. The molecule has 2 aromatic rings. The number of nitrogens with zero attached hydrogens (tertiary/aromatic N) is 1. The molecule has 0 saturated heterocycles. The van der Waals surface area contributed by atoms with Crippen LogP contribution in [-0.4, -0.2) is 22.4 Å². The fraction of sp³-hybridized carbons (Fsp3) is 0.0909. The lowest BCUT2D eigenvalue weighted by molar-refractivity contribution is 0.0962. The van der Waals surface area contributed by atoms with Crippen molar-refractivity contribution in [2.24, 2.45) is 0 Å². The molecule has 0 aliphatic heterocycles. The van der Waals surface area contributed by atoms with E-state index in [-0.39, 0.29) is 5.91 Å². The molecule has 0 radical (unpaired) electrons. The Bertz CT molecular complexity index is 600. The quantitative estimate of drug-likeness (QED) is 0.730. The molecule has 0 aliphatic rings. The third-order valence-corrected chi connectivity index (χ3v) is 5.41. The van der Waals surface area contributed by atoms with Gasteiger partial charge in [-0.2, -0.15) is 0 Å². The Morgan fingerprint density at radius 2 is 2.37 bits per heavy atom. The fourth-order valence-electron chi connectivity index (χ4n) is 1.31. The molecule has 8 heteroatoms.